The summed E-state index contributed by atoms with van der Waals surface area (Å²) in [5.41, 5.74) is 4.06. The van der Waals surface area contributed by atoms with Crippen LogP contribution in [0.1, 0.15) is 18.9 Å². The Bertz CT molecular complexity index is 1050. The Balaban J connectivity index is 1.50. The zero-order chi connectivity index (χ0) is 22.4. The van der Waals surface area contributed by atoms with E-state index in [-0.39, 0.29) is 12.3 Å². The Labute approximate surface area is 183 Å². The maximum absolute atomic E-state index is 12.2. The van der Waals surface area contributed by atoms with E-state index in [4.69, 9.17) is 21.1 Å². The Morgan fingerprint density at radius 2 is 1.77 bits per heavy atom. The molecule has 1 heterocycles. The minimum absolute atomic E-state index is 0.0796. The molecule has 0 unspecified atom stereocenters. The molecule has 0 aliphatic carbocycles. The Morgan fingerprint density at radius 1 is 1.03 bits per heavy atom. The molecule has 0 fully saturated rings. The van der Waals surface area contributed by atoms with Gasteiger partial charge < -0.3 is 20.1 Å². The van der Waals surface area contributed by atoms with E-state index >= 15 is 0 Å². The standard InChI is InChI=1S/C21H21ClN4O5/c1-12(10-19(27)23-14-6-7-17-18(11-14)31-9-8-30-17)25-26-21(29)20(28)24-16-5-3-4-15(22)13(16)2/h3-7,11H,8-10H2,1-2H3,(H,23,27)(H,24,28)(H,26,29)/b25-12-. The first-order valence-corrected chi connectivity index (χ1v) is 9.80. The van der Waals surface area contributed by atoms with E-state index in [0.717, 1.165) is 0 Å². The molecule has 0 spiro atoms. The van der Waals surface area contributed by atoms with Gasteiger partial charge >= 0.3 is 11.8 Å². The van der Waals surface area contributed by atoms with E-state index in [1.165, 1.54) is 0 Å². The highest BCUT2D eigenvalue weighted by Gasteiger charge is 2.16. The zero-order valence-electron chi connectivity index (χ0n) is 17.0. The molecule has 0 atom stereocenters. The van der Waals surface area contributed by atoms with Crippen molar-refractivity contribution in [3.8, 4) is 11.5 Å². The van der Waals surface area contributed by atoms with Crippen LogP contribution in [0, 0.1) is 6.92 Å². The third kappa shape index (κ3) is 5.95. The molecule has 0 aromatic heterocycles. The van der Waals surface area contributed by atoms with Crippen molar-refractivity contribution in [2.75, 3.05) is 23.8 Å². The molecule has 1 aliphatic rings. The number of hydrogen-bond donors (Lipinski definition) is 3. The van der Waals surface area contributed by atoms with Gasteiger partial charge in [0.2, 0.25) is 5.91 Å². The monoisotopic (exact) mass is 444 g/mol. The number of benzene rings is 2. The first kappa shape index (κ1) is 22.1. The van der Waals surface area contributed by atoms with Crippen LogP contribution in [0.4, 0.5) is 11.4 Å². The number of amides is 3. The molecule has 2 aromatic rings. The van der Waals surface area contributed by atoms with Crippen LogP contribution in [-0.4, -0.2) is 36.6 Å². The largest absolute Gasteiger partial charge is 0.486 e. The van der Waals surface area contributed by atoms with E-state index in [2.05, 4.69) is 21.2 Å². The Hall–Kier alpha value is -3.59. The second-order valence-electron chi connectivity index (χ2n) is 6.74. The van der Waals surface area contributed by atoms with E-state index in [1.807, 2.05) is 0 Å². The number of rotatable bonds is 5. The summed E-state index contributed by atoms with van der Waals surface area (Å²) in [5, 5.41) is 9.46. The predicted molar refractivity (Wildman–Crippen MR) is 117 cm³/mol. The van der Waals surface area contributed by atoms with E-state index in [9.17, 15) is 14.4 Å². The van der Waals surface area contributed by atoms with Gasteiger partial charge in [0.05, 0.1) is 6.42 Å². The highest BCUT2D eigenvalue weighted by molar-refractivity contribution is 6.40. The summed E-state index contributed by atoms with van der Waals surface area (Å²) >= 11 is 6.00. The van der Waals surface area contributed by atoms with Crippen molar-refractivity contribution in [1.82, 2.24) is 5.43 Å². The highest BCUT2D eigenvalue weighted by Crippen LogP contribution is 2.32. The molecule has 0 bridgehead atoms. The summed E-state index contributed by atoms with van der Waals surface area (Å²) in [4.78, 5) is 36.2. The van der Waals surface area contributed by atoms with E-state index < -0.39 is 11.8 Å². The number of nitrogens with zero attached hydrogens (tertiary/aromatic N) is 1. The van der Waals surface area contributed by atoms with Gasteiger partial charge in [-0.15, -0.1) is 0 Å². The zero-order valence-corrected chi connectivity index (χ0v) is 17.7. The summed E-state index contributed by atoms with van der Waals surface area (Å²) in [6, 6.07) is 10.0. The van der Waals surface area contributed by atoms with Crippen molar-refractivity contribution >= 4 is 46.4 Å². The van der Waals surface area contributed by atoms with Gasteiger partial charge in [-0.1, -0.05) is 17.7 Å². The van der Waals surface area contributed by atoms with Gasteiger partial charge in [0.1, 0.15) is 13.2 Å². The fraction of sp³-hybridized carbons (Fsp3) is 0.238. The van der Waals surface area contributed by atoms with Gasteiger partial charge in [-0.25, -0.2) is 5.43 Å². The number of nitrogens with one attached hydrogen (secondary N) is 3. The molecule has 1 aliphatic heterocycles. The molecule has 3 rings (SSSR count). The van der Waals surface area contributed by atoms with Crippen LogP contribution in [0.15, 0.2) is 41.5 Å². The second kappa shape index (κ2) is 9.94. The number of halogens is 1. The lowest BCUT2D eigenvalue weighted by Crippen LogP contribution is -2.33. The molecular weight excluding hydrogens is 424 g/mol. The fourth-order valence-corrected chi connectivity index (χ4v) is 2.89. The minimum Gasteiger partial charge on any atom is -0.486 e. The van der Waals surface area contributed by atoms with Gasteiger partial charge in [0.25, 0.3) is 0 Å². The third-order valence-corrected chi connectivity index (χ3v) is 4.72. The lowest BCUT2D eigenvalue weighted by atomic mass is 10.2. The summed E-state index contributed by atoms with van der Waals surface area (Å²) in [5.74, 6) is -1.03. The van der Waals surface area contributed by atoms with Crippen molar-refractivity contribution in [1.29, 1.82) is 0 Å². The first-order chi connectivity index (χ1) is 14.8. The van der Waals surface area contributed by atoms with Crippen LogP contribution in [0.2, 0.25) is 5.02 Å². The van der Waals surface area contributed by atoms with E-state index in [0.29, 0.717) is 52.4 Å². The van der Waals surface area contributed by atoms with Gasteiger partial charge in [0.15, 0.2) is 11.5 Å². The predicted octanol–water partition coefficient (Wildman–Crippen LogP) is 2.88. The molecule has 2 aromatic carbocycles. The van der Waals surface area contributed by atoms with Crippen molar-refractivity contribution in [3.63, 3.8) is 0 Å². The molecule has 0 radical (unpaired) electrons. The summed E-state index contributed by atoms with van der Waals surface area (Å²) < 4.78 is 10.9. The van der Waals surface area contributed by atoms with E-state index in [1.54, 1.807) is 50.2 Å². The van der Waals surface area contributed by atoms with Crippen molar-refractivity contribution < 1.29 is 23.9 Å². The van der Waals surface area contributed by atoms with Crippen LogP contribution in [0.3, 0.4) is 0 Å². The number of carbonyl (C=O) groups is 3. The second-order valence-corrected chi connectivity index (χ2v) is 7.15. The molecular formula is C21H21ClN4O5. The summed E-state index contributed by atoms with van der Waals surface area (Å²) in [6.07, 6.45) is -0.0796. The number of hydrazone groups is 1. The SMILES string of the molecule is C/C(CC(=O)Nc1ccc2c(c1)OCCO2)=N/NC(=O)C(=O)Nc1cccc(Cl)c1C. The molecule has 0 saturated heterocycles. The van der Waals surface area contributed by atoms with Gasteiger partial charge in [0, 0.05) is 28.2 Å². The third-order valence-electron chi connectivity index (χ3n) is 4.31. The molecule has 9 nitrogen and oxygen atoms in total. The van der Waals surface area contributed by atoms with Crippen molar-refractivity contribution in [3.05, 3.63) is 47.0 Å². The maximum Gasteiger partial charge on any atom is 0.329 e. The number of anilines is 2. The number of fused-ring (bicyclic) bond motifs is 1. The van der Waals surface area contributed by atoms with Crippen molar-refractivity contribution in [2.24, 2.45) is 5.10 Å². The van der Waals surface area contributed by atoms with Crippen LogP contribution in [0.5, 0.6) is 11.5 Å². The van der Waals surface area contributed by atoms with Gasteiger partial charge in [-0.05, 0) is 43.7 Å². The summed E-state index contributed by atoms with van der Waals surface area (Å²) in [7, 11) is 0. The lowest BCUT2D eigenvalue weighted by molar-refractivity contribution is -0.136. The average Bonchev–Trinajstić information content (AvgIpc) is 2.75. The topological polar surface area (TPSA) is 118 Å². The molecule has 10 heteroatoms. The molecule has 3 amide bonds. The summed E-state index contributed by atoms with van der Waals surface area (Å²) in [6.45, 7) is 4.21. The molecule has 162 valence electrons. The number of ether oxygens (including phenoxy) is 2. The van der Waals surface area contributed by atoms with Crippen molar-refractivity contribution in [2.45, 2.75) is 20.3 Å². The first-order valence-electron chi connectivity index (χ1n) is 9.42. The number of hydrogen-bond acceptors (Lipinski definition) is 6. The van der Waals surface area contributed by atoms with Crippen LogP contribution in [-0.2, 0) is 14.4 Å². The minimum atomic E-state index is -0.967. The smallest absolute Gasteiger partial charge is 0.329 e. The average molecular weight is 445 g/mol. The van der Waals surface area contributed by atoms with Crippen LogP contribution in [0.25, 0.3) is 0 Å². The van der Waals surface area contributed by atoms with Gasteiger partial charge in [-0.3, -0.25) is 14.4 Å². The quantitative estimate of drug-likeness (QED) is 0.372. The molecule has 0 saturated carbocycles. The van der Waals surface area contributed by atoms with Crippen LogP contribution >= 0.6 is 11.6 Å². The lowest BCUT2D eigenvalue weighted by Gasteiger charge is -2.19. The Kier molecular flexibility index (Phi) is 7.09. The normalized spacial score (nSPS) is 12.7. The maximum atomic E-state index is 12.2. The van der Waals surface area contributed by atoms with Crippen LogP contribution < -0.4 is 25.5 Å². The molecule has 3 N–H and O–H groups in total. The van der Waals surface area contributed by atoms with Gasteiger partial charge in [-0.2, -0.15) is 5.10 Å². The fourth-order valence-electron chi connectivity index (χ4n) is 2.72. The molecule has 31 heavy (non-hydrogen) atoms. The number of carbonyl (C=O) groups excluding carboxylic acids is 3. The Morgan fingerprint density at radius 3 is 2.55 bits per heavy atom. The highest BCUT2D eigenvalue weighted by atomic mass is 35.5.